The van der Waals surface area contributed by atoms with Crippen LogP contribution in [0.4, 0.5) is 0 Å². The normalized spacial score (nSPS) is 10.0. The largest absolute Gasteiger partial charge is 0.487 e. The Morgan fingerprint density at radius 3 is 2.69 bits per heavy atom. The molecule has 0 aliphatic carbocycles. The van der Waals surface area contributed by atoms with Crippen molar-refractivity contribution in [2.24, 2.45) is 0 Å². The summed E-state index contributed by atoms with van der Waals surface area (Å²) in [5.74, 6) is 0. The zero-order valence-electron chi connectivity index (χ0n) is 7.64. The molecule has 4 nitrogen and oxygen atoms in total. The highest BCUT2D eigenvalue weighted by molar-refractivity contribution is 7.80. The van der Waals surface area contributed by atoms with Crippen molar-refractivity contribution in [1.29, 1.82) is 0 Å². The van der Waals surface area contributed by atoms with Gasteiger partial charge >= 0.3 is 0 Å². The van der Waals surface area contributed by atoms with Crippen LogP contribution in [-0.4, -0.2) is 21.9 Å². The van der Waals surface area contributed by atoms with E-state index < -0.39 is 0 Å². The van der Waals surface area contributed by atoms with Gasteiger partial charge in [0, 0.05) is 17.7 Å². The van der Waals surface area contributed by atoms with E-state index in [1.807, 2.05) is 13.8 Å². The Bertz CT molecular complexity index is 353. The first-order valence-electron chi connectivity index (χ1n) is 4.07. The van der Waals surface area contributed by atoms with E-state index in [9.17, 15) is 4.79 Å². The molecule has 0 aliphatic heterocycles. The maximum Gasteiger partial charge on any atom is 0.267 e. The molecule has 72 valence electrons. The molecular weight excluding hydrogens is 188 g/mol. The van der Waals surface area contributed by atoms with Crippen LogP contribution in [0, 0.1) is 6.92 Å². The SMILES string of the molecule is CCOC(=S)Cc1c(C)[nH][nH]c1=O. The minimum absolute atomic E-state index is 0.125. The quantitative estimate of drug-likeness (QED) is 0.713. The van der Waals surface area contributed by atoms with Crippen molar-refractivity contribution in [3.05, 3.63) is 21.6 Å². The van der Waals surface area contributed by atoms with Gasteiger partial charge in [0.2, 0.25) is 0 Å². The molecule has 13 heavy (non-hydrogen) atoms. The zero-order chi connectivity index (χ0) is 9.84. The smallest absolute Gasteiger partial charge is 0.267 e. The number of hydrogen-bond donors (Lipinski definition) is 2. The number of aryl methyl sites for hydroxylation is 1. The van der Waals surface area contributed by atoms with Gasteiger partial charge in [0.1, 0.15) is 0 Å². The predicted octanol–water partition coefficient (Wildman–Crippen LogP) is 0.918. The van der Waals surface area contributed by atoms with Crippen molar-refractivity contribution >= 4 is 17.3 Å². The number of H-pyrrole nitrogens is 2. The van der Waals surface area contributed by atoms with Crippen molar-refractivity contribution in [1.82, 2.24) is 10.2 Å². The first-order valence-corrected chi connectivity index (χ1v) is 4.47. The number of aromatic nitrogens is 2. The van der Waals surface area contributed by atoms with E-state index in [2.05, 4.69) is 10.2 Å². The number of aromatic amines is 2. The van der Waals surface area contributed by atoms with Crippen LogP contribution in [0.5, 0.6) is 0 Å². The van der Waals surface area contributed by atoms with Gasteiger partial charge in [-0.15, -0.1) is 0 Å². The van der Waals surface area contributed by atoms with E-state index in [4.69, 9.17) is 17.0 Å². The molecule has 0 fully saturated rings. The third-order valence-corrected chi connectivity index (χ3v) is 1.98. The lowest BCUT2D eigenvalue weighted by Crippen LogP contribution is -2.13. The minimum atomic E-state index is -0.125. The van der Waals surface area contributed by atoms with Gasteiger partial charge in [0.05, 0.1) is 6.61 Å². The van der Waals surface area contributed by atoms with Crippen LogP contribution in [0.3, 0.4) is 0 Å². The van der Waals surface area contributed by atoms with Crippen LogP contribution < -0.4 is 5.56 Å². The summed E-state index contributed by atoms with van der Waals surface area (Å²) in [6.07, 6.45) is 0.397. The molecule has 0 amide bonds. The minimum Gasteiger partial charge on any atom is -0.487 e. The van der Waals surface area contributed by atoms with E-state index in [0.717, 1.165) is 5.69 Å². The average Bonchev–Trinajstić information content (AvgIpc) is 2.36. The summed E-state index contributed by atoms with van der Waals surface area (Å²) in [7, 11) is 0. The van der Waals surface area contributed by atoms with E-state index in [1.54, 1.807) is 0 Å². The summed E-state index contributed by atoms with van der Waals surface area (Å²) in [5.41, 5.74) is 1.34. The van der Waals surface area contributed by atoms with Gasteiger partial charge in [-0.3, -0.25) is 9.89 Å². The molecular formula is C8H12N2O2S. The summed E-state index contributed by atoms with van der Waals surface area (Å²) < 4.78 is 5.09. The van der Waals surface area contributed by atoms with E-state index in [0.29, 0.717) is 23.6 Å². The second kappa shape index (κ2) is 4.23. The topological polar surface area (TPSA) is 57.9 Å². The zero-order valence-corrected chi connectivity index (χ0v) is 8.46. The molecule has 0 unspecified atom stereocenters. The molecule has 1 rings (SSSR count). The Hall–Kier alpha value is -1.10. The molecule has 0 atom stereocenters. The van der Waals surface area contributed by atoms with Crippen LogP contribution >= 0.6 is 12.2 Å². The van der Waals surface area contributed by atoms with Crippen LogP contribution in [0.2, 0.25) is 0 Å². The molecule has 5 heteroatoms. The van der Waals surface area contributed by atoms with Crippen LogP contribution in [-0.2, 0) is 11.2 Å². The first-order chi connectivity index (χ1) is 6.15. The monoisotopic (exact) mass is 200 g/mol. The Kier molecular flexibility index (Phi) is 3.25. The maximum absolute atomic E-state index is 11.2. The average molecular weight is 200 g/mol. The second-order valence-corrected chi connectivity index (χ2v) is 3.12. The summed E-state index contributed by atoms with van der Waals surface area (Å²) in [6.45, 7) is 4.22. The predicted molar refractivity (Wildman–Crippen MR) is 54.1 cm³/mol. The van der Waals surface area contributed by atoms with Crippen molar-refractivity contribution in [2.45, 2.75) is 20.3 Å². The molecule has 0 aliphatic rings. The Morgan fingerprint density at radius 1 is 1.54 bits per heavy atom. The molecule has 0 aromatic carbocycles. The number of thiocarbonyl (C=S) groups is 1. The Morgan fingerprint density at radius 2 is 2.23 bits per heavy atom. The van der Waals surface area contributed by atoms with Gasteiger partial charge in [0.25, 0.3) is 5.56 Å². The lowest BCUT2D eigenvalue weighted by Gasteiger charge is -2.02. The number of hydrogen-bond acceptors (Lipinski definition) is 3. The summed E-state index contributed by atoms with van der Waals surface area (Å²) in [5, 5.41) is 5.67. The van der Waals surface area contributed by atoms with Crippen LogP contribution in [0.15, 0.2) is 4.79 Å². The fraction of sp³-hybridized carbons (Fsp3) is 0.500. The fourth-order valence-corrected chi connectivity index (χ4v) is 1.30. The molecule has 0 radical (unpaired) electrons. The van der Waals surface area contributed by atoms with Gasteiger partial charge in [-0.2, -0.15) is 0 Å². The van der Waals surface area contributed by atoms with Gasteiger partial charge in [-0.25, -0.2) is 0 Å². The third kappa shape index (κ3) is 2.42. The van der Waals surface area contributed by atoms with Gasteiger partial charge in [0.15, 0.2) is 5.05 Å². The summed E-state index contributed by atoms with van der Waals surface area (Å²) in [4.78, 5) is 11.2. The molecule has 1 aromatic heterocycles. The molecule has 1 aromatic rings. The number of rotatable bonds is 3. The van der Waals surface area contributed by atoms with Gasteiger partial charge < -0.3 is 9.84 Å². The van der Waals surface area contributed by atoms with Crippen molar-refractivity contribution in [2.75, 3.05) is 6.61 Å². The fourth-order valence-electron chi connectivity index (χ4n) is 1.04. The first kappa shape index (κ1) is 9.98. The Balaban J connectivity index is 2.74. The summed E-state index contributed by atoms with van der Waals surface area (Å²) >= 11 is 4.93. The standard InChI is InChI=1S/C8H12N2O2S/c1-3-12-7(13)4-6-5(2)9-10-8(6)11/h3-4H2,1-2H3,(H2,9,10,11). The molecule has 0 spiro atoms. The van der Waals surface area contributed by atoms with Crippen molar-refractivity contribution in [3.63, 3.8) is 0 Å². The summed E-state index contributed by atoms with van der Waals surface area (Å²) in [6, 6.07) is 0. The van der Waals surface area contributed by atoms with E-state index >= 15 is 0 Å². The second-order valence-electron chi connectivity index (χ2n) is 2.66. The lowest BCUT2D eigenvalue weighted by molar-refractivity contribution is 0.329. The van der Waals surface area contributed by atoms with E-state index in [1.165, 1.54) is 0 Å². The lowest BCUT2D eigenvalue weighted by atomic mass is 10.2. The van der Waals surface area contributed by atoms with Crippen molar-refractivity contribution < 1.29 is 4.74 Å². The van der Waals surface area contributed by atoms with Crippen LogP contribution in [0.1, 0.15) is 18.2 Å². The van der Waals surface area contributed by atoms with Gasteiger partial charge in [-0.1, -0.05) is 0 Å². The van der Waals surface area contributed by atoms with Crippen molar-refractivity contribution in [3.8, 4) is 0 Å². The highest BCUT2D eigenvalue weighted by atomic mass is 32.1. The Labute approximate surface area is 81.3 Å². The van der Waals surface area contributed by atoms with E-state index in [-0.39, 0.29) is 5.56 Å². The molecule has 0 saturated carbocycles. The molecule has 0 saturated heterocycles. The molecule has 1 heterocycles. The highest BCUT2D eigenvalue weighted by Crippen LogP contribution is 2.00. The maximum atomic E-state index is 11.2. The van der Waals surface area contributed by atoms with Crippen LogP contribution in [0.25, 0.3) is 0 Å². The number of nitrogens with one attached hydrogen (secondary N) is 2. The molecule has 0 bridgehead atoms. The molecule has 2 N–H and O–H groups in total. The number of ether oxygens (including phenoxy) is 1. The third-order valence-electron chi connectivity index (χ3n) is 1.72. The highest BCUT2D eigenvalue weighted by Gasteiger charge is 2.08. The van der Waals surface area contributed by atoms with Gasteiger partial charge in [-0.05, 0) is 26.1 Å².